The lowest BCUT2D eigenvalue weighted by Crippen LogP contribution is -2.45. The summed E-state index contributed by atoms with van der Waals surface area (Å²) in [6.07, 6.45) is 2.62. The summed E-state index contributed by atoms with van der Waals surface area (Å²) in [6.45, 7) is 1.06. The number of carbonyl (C=O) groups is 2. The number of amides is 2. The molecule has 2 heterocycles. The summed E-state index contributed by atoms with van der Waals surface area (Å²) in [5.41, 5.74) is 0.312. The van der Waals surface area contributed by atoms with Crippen molar-refractivity contribution in [2.75, 3.05) is 39.3 Å². The van der Waals surface area contributed by atoms with E-state index in [0.29, 0.717) is 30.3 Å². The molecule has 0 N–H and O–H groups in total. The SMILES string of the molecule is COc1ccc(C(=O)N2CCCN2C(=O)CSC)c(OC)n1. The van der Waals surface area contributed by atoms with Crippen molar-refractivity contribution in [3.63, 3.8) is 0 Å². The van der Waals surface area contributed by atoms with E-state index < -0.39 is 0 Å². The van der Waals surface area contributed by atoms with Gasteiger partial charge in [0.1, 0.15) is 5.56 Å². The summed E-state index contributed by atoms with van der Waals surface area (Å²) in [4.78, 5) is 28.9. The molecule has 0 unspecified atom stereocenters. The van der Waals surface area contributed by atoms with Crippen molar-refractivity contribution in [1.29, 1.82) is 0 Å². The maximum atomic E-state index is 12.7. The van der Waals surface area contributed by atoms with Crippen molar-refractivity contribution in [2.24, 2.45) is 0 Å². The molecule has 0 radical (unpaired) electrons. The van der Waals surface area contributed by atoms with Crippen molar-refractivity contribution < 1.29 is 19.1 Å². The molecule has 120 valence electrons. The first-order valence-electron chi connectivity index (χ1n) is 6.82. The van der Waals surface area contributed by atoms with Crippen molar-refractivity contribution >= 4 is 23.6 Å². The maximum absolute atomic E-state index is 12.7. The number of carbonyl (C=O) groups excluding carboxylic acids is 2. The van der Waals surface area contributed by atoms with Crippen LogP contribution in [0.25, 0.3) is 0 Å². The number of pyridine rings is 1. The third kappa shape index (κ3) is 3.27. The summed E-state index contributed by atoms with van der Waals surface area (Å²) < 4.78 is 10.2. The first kappa shape index (κ1) is 16.4. The predicted molar refractivity (Wildman–Crippen MR) is 83.1 cm³/mol. The Morgan fingerprint density at radius 2 is 1.95 bits per heavy atom. The van der Waals surface area contributed by atoms with Gasteiger partial charge in [-0.25, -0.2) is 5.01 Å². The Morgan fingerprint density at radius 1 is 1.23 bits per heavy atom. The fourth-order valence-corrected chi connectivity index (χ4v) is 2.67. The van der Waals surface area contributed by atoms with E-state index in [1.165, 1.54) is 36.0 Å². The largest absolute Gasteiger partial charge is 0.481 e. The van der Waals surface area contributed by atoms with Crippen LogP contribution < -0.4 is 9.47 Å². The van der Waals surface area contributed by atoms with E-state index in [1.807, 2.05) is 6.26 Å². The highest BCUT2D eigenvalue weighted by molar-refractivity contribution is 7.99. The van der Waals surface area contributed by atoms with Gasteiger partial charge in [-0.3, -0.25) is 14.6 Å². The number of methoxy groups -OCH3 is 2. The quantitative estimate of drug-likeness (QED) is 0.806. The van der Waals surface area contributed by atoms with Gasteiger partial charge in [0.2, 0.25) is 11.8 Å². The summed E-state index contributed by atoms with van der Waals surface area (Å²) in [5, 5.41) is 2.97. The minimum absolute atomic E-state index is 0.0706. The normalized spacial score (nSPS) is 14.1. The molecule has 2 rings (SSSR count). The second-order valence-corrected chi connectivity index (χ2v) is 5.51. The molecule has 1 saturated heterocycles. The Labute approximate surface area is 133 Å². The molecule has 0 bridgehead atoms. The summed E-state index contributed by atoms with van der Waals surface area (Å²) >= 11 is 1.44. The maximum Gasteiger partial charge on any atom is 0.277 e. The number of hydrogen-bond acceptors (Lipinski definition) is 6. The van der Waals surface area contributed by atoms with E-state index >= 15 is 0 Å². The third-order valence-electron chi connectivity index (χ3n) is 3.29. The van der Waals surface area contributed by atoms with Gasteiger partial charge in [0, 0.05) is 19.2 Å². The topological polar surface area (TPSA) is 72.0 Å². The van der Waals surface area contributed by atoms with Crippen LogP contribution in [0, 0.1) is 0 Å². The fourth-order valence-electron chi connectivity index (χ4n) is 2.27. The zero-order valence-corrected chi connectivity index (χ0v) is 13.7. The molecule has 2 amide bonds. The Bertz CT molecular complexity index is 567. The number of aromatic nitrogens is 1. The van der Waals surface area contributed by atoms with Crippen LogP contribution >= 0.6 is 11.8 Å². The fraction of sp³-hybridized carbons (Fsp3) is 0.500. The van der Waals surface area contributed by atoms with Crippen LogP contribution in [0.15, 0.2) is 12.1 Å². The standard InChI is InChI=1S/C14H19N3O4S/c1-20-11-6-5-10(13(15-11)21-2)14(19)17-8-4-7-16(17)12(18)9-22-3/h5-6H,4,7-9H2,1-3H3. The molecule has 0 spiro atoms. The molecular formula is C14H19N3O4S. The van der Waals surface area contributed by atoms with Crippen LogP contribution in [0.3, 0.4) is 0 Å². The third-order valence-corrected chi connectivity index (χ3v) is 3.82. The first-order valence-corrected chi connectivity index (χ1v) is 8.21. The Balaban J connectivity index is 2.25. The van der Waals surface area contributed by atoms with Gasteiger partial charge in [-0.15, -0.1) is 0 Å². The van der Waals surface area contributed by atoms with Gasteiger partial charge in [0.15, 0.2) is 0 Å². The summed E-state index contributed by atoms with van der Waals surface area (Å²) in [7, 11) is 2.94. The monoisotopic (exact) mass is 325 g/mol. The molecule has 0 aromatic carbocycles. The number of ether oxygens (including phenoxy) is 2. The zero-order chi connectivity index (χ0) is 16.1. The van der Waals surface area contributed by atoms with Crippen molar-refractivity contribution in [3.05, 3.63) is 17.7 Å². The van der Waals surface area contributed by atoms with Gasteiger partial charge in [0.05, 0.1) is 20.0 Å². The molecule has 1 fully saturated rings. The second-order valence-electron chi connectivity index (χ2n) is 4.64. The van der Waals surface area contributed by atoms with E-state index in [1.54, 1.807) is 12.1 Å². The van der Waals surface area contributed by atoms with Crippen LogP contribution in [0.1, 0.15) is 16.8 Å². The molecule has 22 heavy (non-hydrogen) atoms. The van der Waals surface area contributed by atoms with Gasteiger partial charge in [-0.2, -0.15) is 16.7 Å². The number of thioether (sulfide) groups is 1. The summed E-state index contributed by atoms with van der Waals surface area (Å²) in [6, 6.07) is 3.20. The lowest BCUT2D eigenvalue weighted by molar-refractivity contribution is -0.137. The zero-order valence-electron chi connectivity index (χ0n) is 12.9. The molecule has 0 saturated carbocycles. The highest BCUT2D eigenvalue weighted by Gasteiger charge is 2.32. The number of hydrogen-bond donors (Lipinski definition) is 0. The van der Waals surface area contributed by atoms with Crippen LogP contribution in [0.5, 0.6) is 11.8 Å². The first-order chi connectivity index (χ1) is 10.6. The van der Waals surface area contributed by atoms with Crippen LogP contribution in [-0.4, -0.2) is 66.1 Å². The van der Waals surface area contributed by atoms with E-state index in [2.05, 4.69) is 4.98 Å². The van der Waals surface area contributed by atoms with E-state index in [4.69, 9.17) is 9.47 Å². The Hall–Kier alpha value is -1.96. The molecule has 8 heteroatoms. The van der Waals surface area contributed by atoms with Gasteiger partial charge < -0.3 is 9.47 Å². The van der Waals surface area contributed by atoms with E-state index in [9.17, 15) is 9.59 Å². The number of nitrogens with zero attached hydrogens (tertiary/aromatic N) is 3. The van der Waals surface area contributed by atoms with Gasteiger partial charge in [0.25, 0.3) is 11.8 Å². The van der Waals surface area contributed by atoms with E-state index in [-0.39, 0.29) is 17.7 Å². The number of hydrazine groups is 1. The molecule has 1 aromatic rings. The summed E-state index contributed by atoms with van der Waals surface area (Å²) in [5.74, 6) is 0.540. The minimum atomic E-state index is -0.293. The predicted octanol–water partition coefficient (Wildman–Crippen LogP) is 1.05. The molecule has 1 aliphatic heterocycles. The molecule has 0 atom stereocenters. The van der Waals surface area contributed by atoms with Gasteiger partial charge >= 0.3 is 0 Å². The van der Waals surface area contributed by atoms with Crippen LogP contribution in [0.4, 0.5) is 0 Å². The molecular weight excluding hydrogens is 306 g/mol. The molecule has 0 aliphatic carbocycles. The van der Waals surface area contributed by atoms with E-state index in [0.717, 1.165) is 6.42 Å². The lowest BCUT2D eigenvalue weighted by atomic mass is 10.2. The number of rotatable bonds is 5. The lowest BCUT2D eigenvalue weighted by Gasteiger charge is -2.28. The average Bonchev–Trinajstić information content (AvgIpc) is 3.03. The molecule has 7 nitrogen and oxygen atoms in total. The van der Waals surface area contributed by atoms with Gasteiger partial charge in [-0.05, 0) is 18.7 Å². The van der Waals surface area contributed by atoms with Crippen molar-refractivity contribution in [2.45, 2.75) is 6.42 Å². The highest BCUT2D eigenvalue weighted by atomic mass is 32.2. The Morgan fingerprint density at radius 3 is 2.59 bits per heavy atom. The van der Waals surface area contributed by atoms with Crippen LogP contribution in [0.2, 0.25) is 0 Å². The molecule has 1 aromatic heterocycles. The smallest absolute Gasteiger partial charge is 0.277 e. The van der Waals surface area contributed by atoms with Crippen molar-refractivity contribution in [1.82, 2.24) is 15.0 Å². The van der Waals surface area contributed by atoms with Gasteiger partial charge in [-0.1, -0.05) is 0 Å². The Kier molecular flexibility index (Phi) is 5.48. The van der Waals surface area contributed by atoms with Crippen molar-refractivity contribution in [3.8, 4) is 11.8 Å². The average molecular weight is 325 g/mol. The van der Waals surface area contributed by atoms with Crippen LogP contribution in [-0.2, 0) is 4.79 Å². The minimum Gasteiger partial charge on any atom is -0.481 e. The molecule has 1 aliphatic rings. The second kappa shape index (κ2) is 7.35. The highest BCUT2D eigenvalue weighted by Crippen LogP contribution is 2.24.